The summed E-state index contributed by atoms with van der Waals surface area (Å²) in [5, 5.41) is 10.2. The molecule has 8 heteroatoms. The average Bonchev–Trinajstić information content (AvgIpc) is 2.94. The number of fused-ring (bicyclic) bond motifs is 2. The van der Waals surface area contributed by atoms with E-state index >= 15 is 0 Å². The highest BCUT2D eigenvalue weighted by molar-refractivity contribution is 6.39. The number of carbonyl (C=O) groups is 1. The summed E-state index contributed by atoms with van der Waals surface area (Å²) in [6.07, 6.45) is 1.68. The van der Waals surface area contributed by atoms with E-state index in [0.717, 1.165) is 11.3 Å². The zero-order valence-corrected chi connectivity index (χ0v) is 15.0. The molecular weight excluding hydrogens is 377 g/mol. The van der Waals surface area contributed by atoms with Crippen LogP contribution in [0, 0.1) is 0 Å². The van der Waals surface area contributed by atoms with E-state index in [1.54, 1.807) is 4.90 Å². The highest BCUT2D eigenvalue weighted by Gasteiger charge is 2.26. The van der Waals surface area contributed by atoms with Crippen LogP contribution in [0.3, 0.4) is 0 Å². The van der Waals surface area contributed by atoms with Gasteiger partial charge in [0.1, 0.15) is 5.52 Å². The van der Waals surface area contributed by atoms with Crippen LogP contribution in [0.15, 0.2) is 41.5 Å². The molecule has 1 aliphatic rings. The van der Waals surface area contributed by atoms with Crippen LogP contribution in [0.2, 0.25) is 10.0 Å². The van der Waals surface area contributed by atoms with Gasteiger partial charge in [0, 0.05) is 18.8 Å². The second-order valence-electron chi connectivity index (χ2n) is 6.01. The number of aromatic nitrogens is 2. The Morgan fingerprint density at radius 1 is 1.12 bits per heavy atom. The maximum atomic E-state index is 12.7. The van der Waals surface area contributed by atoms with Crippen molar-refractivity contribution in [3.05, 3.63) is 62.6 Å². The summed E-state index contributed by atoms with van der Waals surface area (Å²) in [6, 6.07) is 8.89. The van der Waals surface area contributed by atoms with E-state index in [1.807, 2.05) is 24.3 Å². The van der Waals surface area contributed by atoms with Crippen molar-refractivity contribution < 1.29 is 9.90 Å². The minimum atomic E-state index is -0.396. The first kappa shape index (κ1) is 16.9. The largest absolute Gasteiger partial charge is 0.504 e. The van der Waals surface area contributed by atoms with Gasteiger partial charge in [-0.3, -0.25) is 14.2 Å². The first-order valence-corrected chi connectivity index (χ1v) is 8.67. The molecule has 0 aliphatic carbocycles. The third kappa shape index (κ3) is 2.62. The number of rotatable bonds is 3. The number of para-hydroxylation sites is 1. The van der Waals surface area contributed by atoms with Crippen LogP contribution in [-0.2, 0) is 17.8 Å². The van der Waals surface area contributed by atoms with Crippen LogP contribution in [0.5, 0.6) is 5.75 Å². The fraction of sp³-hybridized carbons (Fsp3) is 0.167. The van der Waals surface area contributed by atoms with E-state index in [-0.39, 0.29) is 39.1 Å². The van der Waals surface area contributed by atoms with Gasteiger partial charge in [-0.1, -0.05) is 41.4 Å². The molecule has 1 aromatic heterocycles. The van der Waals surface area contributed by atoms with Gasteiger partial charge in [-0.25, -0.2) is 4.98 Å². The Bertz CT molecular complexity index is 1110. The average molecular weight is 390 g/mol. The first-order valence-electron chi connectivity index (χ1n) is 7.91. The minimum Gasteiger partial charge on any atom is -0.504 e. The van der Waals surface area contributed by atoms with E-state index < -0.39 is 5.56 Å². The first-order chi connectivity index (χ1) is 12.5. The maximum Gasteiger partial charge on any atom is 0.262 e. The number of hydrogen-bond acceptors (Lipinski definition) is 4. The quantitative estimate of drug-likeness (QED) is 0.746. The molecule has 0 bridgehead atoms. The van der Waals surface area contributed by atoms with Crippen LogP contribution in [0.25, 0.3) is 10.9 Å². The Labute approximate surface area is 158 Å². The van der Waals surface area contributed by atoms with Crippen molar-refractivity contribution in [3.8, 4) is 5.75 Å². The zero-order chi connectivity index (χ0) is 18.4. The molecule has 0 atom stereocenters. The fourth-order valence-electron chi connectivity index (χ4n) is 3.18. The molecule has 26 heavy (non-hydrogen) atoms. The van der Waals surface area contributed by atoms with Crippen molar-refractivity contribution in [1.82, 2.24) is 9.55 Å². The standard InChI is InChI=1S/C18H13Cl2N3O3/c19-11-8-12(20)17(25)16-15(11)18(26)22(9-21-16)5-6-23-13-4-2-1-3-10(13)7-14(23)24/h1-4,8-9,25H,5-7H2. The summed E-state index contributed by atoms with van der Waals surface area (Å²) in [5.41, 5.74) is 1.50. The summed E-state index contributed by atoms with van der Waals surface area (Å²) < 4.78 is 1.37. The van der Waals surface area contributed by atoms with Gasteiger partial charge < -0.3 is 10.0 Å². The Kier molecular flexibility index (Phi) is 4.09. The molecule has 0 unspecified atom stereocenters. The number of hydrogen-bond donors (Lipinski definition) is 1. The number of benzene rings is 2. The SMILES string of the molecule is O=C1Cc2ccccc2N1CCn1cnc2c(O)c(Cl)cc(Cl)c2c1=O. The lowest BCUT2D eigenvalue weighted by Crippen LogP contribution is -2.33. The van der Waals surface area contributed by atoms with Crippen molar-refractivity contribution in [2.24, 2.45) is 0 Å². The number of halogens is 2. The molecule has 2 aromatic carbocycles. The molecule has 1 N–H and O–H groups in total. The number of nitrogens with zero attached hydrogens (tertiary/aromatic N) is 3. The molecule has 4 rings (SSSR count). The van der Waals surface area contributed by atoms with Crippen molar-refractivity contribution in [1.29, 1.82) is 0 Å². The predicted octanol–water partition coefficient (Wildman–Crippen LogP) is 3.00. The topological polar surface area (TPSA) is 75.4 Å². The number of phenolic OH excluding ortho intramolecular Hbond substituents is 1. The third-order valence-corrected chi connectivity index (χ3v) is 5.06. The van der Waals surface area contributed by atoms with E-state index in [2.05, 4.69) is 4.98 Å². The van der Waals surface area contributed by atoms with Crippen LogP contribution in [0.1, 0.15) is 5.56 Å². The van der Waals surface area contributed by atoms with Gasteiger partial charge in [0.25, 0.3) is 5.56 Å². The zero-order valence-electron chi connectivity index (χ0n) is 13.4. The van der Waals surface area contributed by atoms with Gasteiger partial charge in [0.2, 0.25) is 5.91 Å². The molecule has 0 fully saturated rings. The molecule has 1 amide bonds. The Balaban J connectivity index is 1.68. The maximum absolute atomic E-state index is 12.7. The van der Waals surface area contributed by atoms with E-state index in [4.69, 9.17) is 23.2 Å². The Morgan fingerprint density at radius 2 is 1.88 bits per heavy atom. The lowest BCUT2D eigenvalue weighted by atomic mass is 10.2. The smallest absolute Gasteiger partial charge is 0.262 e. The molecule has 2 heterocycles. The van der Waals surface area contributed by atoms with Gasteiger partial charge in [0.05, 0.1) is 28.2 Å². The van der Waals surface area contributed by atoms with E-state index in [1.165, 1.54) is 17.0 Å². The predicted molar refractivity (Wildman–Crippen MR) is 100 cm³/mol. The lowest BCUT2D eigenvalue weighted by Gasteiger charge is -2.18. The molecule has 3 aromatic rings. The number of anilines is 1. The molecule has 132 valence electrons. The van der Waals surface area contributed by atoms with Crippen molar-refractivity contribution in [2.45, 2.75) is 13.0 Å². The molecule has 0 saturated carbocycles. The second-order valence-corrected chi connectivity index (χ2v) is 6.82. The van der Waals surface area contributed by atoms with Crippen LogP contribution in [0.4, 0.5) is 5.69 Å². The molecule has 0 radical (unpaired) electrons. The second kappa shape index (κ2) is 6.30. The minimum absolute atomic E-state index is 0.00421. The highest BCUT2D eigenvalue weighted by Crippen LogP contribution is 2.34. The van der Waals surface area contributed by atoms with Crippen LogP contribution in [-0.4, -0.2) is 27.1 Å². The number of carbonyl (C=O) groups excluding carboxylic acids is 1. The summed E-state index contributed by atoms with van der Waals surface area (Å²) >= 11 is 12.0. The van der Waals surface area contributed by atoms with Crippen molar-refractivity contribution in [3.63, 3.8) is 0 Å². The summed E-state index contributed by atoms with van der Waals surface area (Å²) in [4.78, 5) is 30.7. The number of aromatic hydroxyl groups is 1. The van der Waals surface area contributed by atoms with Crippen LogP contribution < -0.4 is 10.5 Å². The number of phenols is 1. The van der Waals surface area contributed by atoms with Gasteiger partial charge in [-0.2, -0.15) is 0 Å². The lowest BCUT2D eigenvalue weighted by molar-refractivity contribution is -0.117. The Hall–Kier alpha value is -2.57. The van der Waals surface area contributed by atoms with Crippen molar-refractivity contribution in [2.75, 3.05) is 11.4 Å². The monoisotopic (exact) mass is 389 g/mol. The summed E-state index contributed by atoms with van der Waals surface area (Å²) in [6.45, 7) is 0.585. The van der Waals surface area contributed by atoms with Crippen LogP contribution >= 0.6 is 23.2 Å². The number of amides is 1. The van der Waals surface area contributed by atoms with Gasteiger partial charge in [-0.15, -0.1) is 0 Å². The van der Waals surface area contributed by atoms with Gasteiger partial charge >= 0.3 is 0 Å². The molecule has 1 aliphatic heterocycles. The third-order valence-electron chi connectivity index (χ3n) is 4.47. The van der Waals surface area contributed by atoms with E-state index in [9.17, 15) is 14.7 Å². The molecule has 0 spiro atoms. The molecule has 6 nitrogen and oxygen atoms in total. The Morgan fingerprint density at radius 3 is 2.69 bits per heavy atom. The van der Waals surface area contributed by atoms with E-state index in [0.29, 0.717) is 13.0 Å². The molecule has 0 saturated heterocycles. The summed E-state index contributed by atoms with van der Waals surface area (Å²) in [7, 11) is 0. The van der Waals surface area contributed by atoms with Crippen molar-refractivity contribution >= 4 is 45.7 Å². The van der Waals surface area contributed by atoms with Gasteiger partial charge in [0.15, 0.2) is 5.75 Å². The fourth-order valence-corrected chi connectivity index (χ4v) is 3.71. The highest BCUT2D eigenvalue weighted by atomic mass is 35.5. The normalized spacial score (nSPS) is 13.5. The van der Waals surface area contributed by atoms with Gasteiger partial charge in [-0.05, 0) is 17.7 Å². The summed E-state index contributed by atoms with van der Waals surface area (Å²) in [5.74, 6) is -0.283. The molecular formula is C18H13Cl2N3O3.